The largest absolute Gasteiger partial charge is 0.399 e. The minimum Gasteiger partial charge on any atom is -0.399 e. The van der Waals surface area contributed by atoms with Gasteiger partial charge in [-0.1, -0.05) is 11.6 Å². The van der Waals surface area contributed by atoms with Gasteiger partial charge < -0.3 is 11.1 Å². The number of aromatic nitrogens is 2. The smallest absolute Gasteiger partial charge is 0.253 e. The fourth-order valence-corrected chi connectivity index (χ4v) is 2.04. The van der Waals surface area contributed by atoms with Crippen molar-refractivity contribution in [2.24, 2.45) is 0 Å². The Kier molecular flexibility index (Phi) is 4.94. The van der Waals surface area contributed by atoms with Crippen LogP contribution >= 0.6 is 11.6 Å². The van der Waals surface area contributed by atoms with Crippen LogP contribution in [0.1, 0.15) is 12.8 Å². The Hall–Kier alpha value is -2.34. The van der Waals surface area contributed by atoms with Gasteiger partial charge in [0.2, 0.25) is 5.91 Å². The number of carbonyl (C=O) groups is 1. The first-order valence-corrected chi connectivity index (χ1v) is 6.79. The van der Waals surface area contributed by atoms with Crippen molar-refractivity contribution in [3.63, 3.8) is 0 Å². The Labute approximate surface area is 126 Å². The van der Waals surface area contributed by atoms with Crippen LogP contribution in [0.3, 0.4) is 0 Å². The zero-order valence-corrected chi connectivity index (χ0v) is 12.0. The van der Waals surface area contributed by atoms with Crippen LogP contribution in [0.5, 0.6) is 0 Å². The van der Waals surface area contributed by atoms with E-state index in [-0.39, 0.29) is 17.9 Å². The van der Waals surface area contributed by atoms with Crippen molar-refractivity contribution in [1.82, 2.24) is 9.55 Å². The van der Waals surface area contributed by atoms with Gasteiger partial charge >= 0.3 is 0 Å². The lowest BCUT2D eigenvalue weighted by molar-refractivity contribution is -0.116. The summed E-state index contributed by atoms with van der Waals surface area (Å²) in [5, 5.41) is 3.10. The number of amides is 1. The summed E-state index contributed by atoms with van der Waals surface area (Å²) in [5.41, 5.74) is 6.51. The van der Waals surface area contributed by atoms with E-state index in [1.807, 2.05) is 0 Å². The lowest BCUT2D eigenvalue weighted by Crippen LogP contribution is -2.20. The van der Waals surface area contributed by atoms with Crippen LogP contribution in [0.4, 0.5) is 11.4 Å². The number of aryl methyl sites for hydroxylation is 1. The van der Waals surface area contributed by atoms with Crippen LogP contribution in [-0.2, 0) is 11.3 Å². The highest BCUT2D eigenvalue weighted by molar-refractivity contribution is 6.34. The number of nitrogens with two attached hydrogens (primary N) is 1. The van der Waals surface area contributed by atoms with E-state index < -0.39 is 0 Å². The first-order valence-electron chi connectivity index (χ1n) is 6.41. The molecule has 1 heterocycles. The molecule has 0 fully saturated rings. The highest BCUT2D eigenvalue weighted by atomic mass is 35.5. The van der Waals surface area contributed by atoms with E-state index in [4.69, 9.17) is 17.3 Å². The first-order chi connectivity index (χ1) is 10.1. The third-order valence-corrected chi connectivity index (χ3v) is 3.18. The lowest BCUT2D eigenvalue weighted by atomic mass is 10.2. The molecule has 0 atom stereocenters. The van der Waals surface area contributed by atoms with E-state index in [9.17, 15) is 9.59 Å². The molecule has 3 N–H and O–H groups in total. The molecule has 21 heavy (non-hydrogen) atoms. The third-order valence-electron chi connectivity index (χ3n) is 2.86. The number of rotatable bonds is 5. The van der Waals surface area contributed by atoms with E-state index in [0.29, 0.717) is 29.4 Å². The van der Waals surface area contributed by atoms with E-state index in [0.717, 1.165) is 0 Å². The molecule has 0 aliphatic carbocycles. The van der Waals surface area contributed by atoms with Crippen LogP contribution in [0.15, 0.2) is 41.6 Å². The van der Waals surface area contributed by atoms with E-state index in [2.05, 4.69) is 10.3 Å². The maximum Gasteiger partial charge on any atom is 0.253 e. The Balaban J connectivity index is 1.85. The zero-order chi connectivity index (χ0) is 15.2. The summed E-state index contributed by atoms with van der Waals surface area (Å²) in [5.74, 6) is -0.168. The molecule has 0 aliphatic heterocycles. The first kappa shape index (κ1) is 15.1. The Morgan fingerprint density at radius 1 is 1.38 bits per heavy atom. The van der Waals surface area contributed by atoms with Crippen LogP contribution in [0.2, 0.25) is 5.02 Å². The second-order valence-electron chi connectivity index (χ2n) is 4.50. The standard InChI is InChI=1S/C14H15ClN4O2/c15-11-8-10(16)3-4-12(11)18-13(20)2-1-7-19-9-17-6-5-14(19)21/h3-6,8-9H,1-2,7,16H2,(H,18,20). The van der Waals surface area contributed by atoms with Crippen molar-refractivity contribution in [2.45, 2.75) is 19.4 Å². The van der Waals surface area contributed by atoms with Crippen molar-refractivity contribution in [3.8, 4) is 0 Å². The molecule has 0 aliphatic rings. The quantitative estimate of drug-likeness (QED) is 0.826. The van der Waals surface area contributed by atoms with Crippen molar-refractivity contribution >= 4 is 28.9 Å². The fraction of sp³-hybridized carbons (Fsp3) is 0.214. The molecule has 2 rings (SSSR count). The molecule has 1 amide bonds. The van der Waals surface area contributed by atoms with Gasteiger partial charge in [-0.15, -0.1) is 0 Å². The summed E-state index contributed by atoms with van der Waals surface area (Å²) in [6.45, 7) is 0.440. The molecule has 7 heteroatoms. The molecular weight excluding hydrogens is 292 g/mol. The topological polar surface area (TPSA) is 90.0 Å². The molecule has 0 saturated heterocycles. The number of anilines is 2. The van der Waals surface area contributed by atoms with E-state index >= 15 is 0 Å². The second kappa shape index (κ2) is 6.90. The fourth-order valence-electron chi connectivity index (χ4n) is 1.80. The molecule has 1 aromatic heterocycles. The molecule has 6 nitrogen and oxygen atoms in total. The van der Waals surface area contributed by atoms with Crippen molar-refractivity contribution in [1.29, 1.82) is 0 Å². The van der Waals surface area contributed by atoms with Gasteiger partial charge in [-0.25, -0.2) is 4.98 Å². The van der Waals surface area contributed by atoms with Gasteiger partial charge in [0.05, 0.1) is 17.0 Å². The molecule has 0 bridgehead atoms. The summed E-state index contributed by atoms with van der Waals surface area (Å²) >= 11 is 5.98. The minimum atomic E-state index is -0.168. The van der Waals surface area contributed by atoms with E-state index in [1.165, 1.54) is 23.2 Å². The second-order valence-corrected chi connectivity index (χ2v) is 4.91. The van der Waals surface area contributed by atoms with Crippen LogP contribution in [0, 0.1) is 0 Å². The van der Waals surface area contributed by atoms with Crippen LogP contribution in [0.25, 0.3) is 0 Å². The predicted octanol–water partition coefficient (Wildman–Crippen LogP) is 1.90. The maximum absolute atomic E-state index is 11.8. The minimum absolute atomic E-state index is 0.132. The molecule has 110 valence electrons. The van der Waals surface area contributed by atoms with Gasteiger partial charge in [-0.05, 0) is 24.6 Å². The van der Waals surface area contributed by atoms with E-state index in [1.54, 1.807) is 18.2 Å². The van der Waals surface area contributed by atoms with Crippen molar-refractivity contribution in [2.75, 3.05) is 11.1 Å². The predicted molar refractivity (Wildman–Crippen MR) is 82.2 cm³/mol. The SMILES string of the molecule is Nc1ccc(NC(=O)CCCn2cnccc2=O)c(Cl)c1. The Morgan fingerprint density at radius 3 is 2.90 bits per heavy atom. The van der Waals surface area contributed by atoms with Gasteiger partial charge in [0, 0.05) is 30.9 Å². The molecule has 0 radical (unpaired) electrons. The Bertz CT molecular complexity index is 699. The number of nitrogens with zero attached hydrogens (tertiary/aromatic N) is 2. The number of nitrogens with one attached hydrogen (secondary N) is 1. The zero-order valence-electron chi connectivity index (χ0n) is 11.3. The summed E-state index contributed by atoms with van der Waals surface area (Å²) in [4.78, 5) is 27.1. The highest BCUT2D eigenvalue weighted by Gasteiger charge is 2.06. The van der Waals surface area contributed by atoms with Crippen molar-refractivity contribution < 1.29 is 4.79 Å². The lowest BCUT2D eigenvalue weighted by Gasteiger charge is -2.08. The average molecular weight is 307 g/mol. The van der Waals surface area contributed by atoms with Crippen LogP contribution in [-0.4, -0.2) is 15.5 Å². The number of halogens is 1. The van der Waals surface area contributed by atoms with Gasteiger partial charge in [0.15, 0.2) is 0 Å². The number of nitrogen functional groups attached to an aromatic ring is 1. The summed E-state index contributed by atoms with van der Waals surface area (Å²) < 4.78 is 1.46. The third kappa shape index (κ3) is 4.32. The number of benzene rings is 1. The van der Waals surface area contributed by atoms with Gasteiger partial charge in [0.1, 0.15) is 0 Å². The molecule has 1 aromatic carbocycles. The molecule has 2 aromatic rings. The average Bonchev–Trinajstić information content (AvgIpc) is 2.44. The van der Waals surface area contributed by atoms with Gasteiger partial charge in [0.25, 0.3) is 5.56 Å². The van der Waals surface area contributed by atoms with Crippen molar-refractivity contribution in [3.05, 3.63) is 52.2 Å². The monoisotopic (exact) mass is 306 g/mol. The number of hydrogen-bond acceptors (Lipinski definition) is 4. The van der Waals surface area contributed by atoms with Gasteiger partial charge in [-0.3, -0.25) is 14.2 Å². The molecular formula is C14H15ClN4O2. The number of hydrogen-bond donors (Lipinski definition) is 2. The maximum atomic E-state index is 11.8. The summed E-state index contributed by atoms with van der Waals surface area (Å²) in [6, 6.07) is 6.28. The molecule has 0 unspecified atom stereocenters. The van der Waals surface area contributed by atoms with Gasteiger partial charge in [-0.2, -0.15) is 0 Å². The summed E-state index contributed by atoms with van der Waals surface area (Å²) in [7, 11) is 0. The normalized spacial score (nSPS) is 10.3. The van der Waals surface area contributed by atoms with Crippen LogP contribution < -0.4 is 16.6 Å². The molecule has 0 saturated carbocycles. The highest BCUT2D eigenvalue weighted by Crippen LogP contribution is 2.24. The number of carbonyl (C=O) groups excluding carboxylic acids is 1. The molecule has 0 spiro atoms. The summed E-state index contributed by atoms with van der Waals surface area (Å²) in [6.07, 6.45) is 3.71. The Morgan fingerprint density at radius 2 is 2.19 bits per heavy atom.